The fourth-order valence-corrected chi connectivity index (χ4v) is 4.10. The van der Waals surface area contributed by atoms with E-state index < -0.39 is 23.4 Å². The van der Waals surface area contributed by atoms with Crippen molar-refractivity contribution in [2.75, 3.05) is 0 Å². The van der Waals surface area contributed by atoms with Crippen molar-refractivity contribution < 1.29 is 27.8 Å². The van der Waals surface area contributed by atoms with Crippen LogP contribution in [0.1, 0.15) is 52.1 Å². The van der Waals surface area contributed by atoms with Gasteiger partial charge in [-0.2, -0.15) is 0 Å². The molecule has 0 bridgehead atoms. The van der Waals surface area contributed by atoms with E-state index in [-0.39, 0.29) is 17.9 Å². The molecule has 0 fully saturated rings. The van der Waals surface area contributed by atoms with Crippen molar-refractivity contribution in [3.05, 3.63) is 93.0 Å². The third kappa shape index (κ3) is 4.73. The lowest BCUT2D eigenvalue weighted by Gasteiger charge is -2.15. The second-order valence-corrected chi connectivity index (χ2v) is 8.20. The Hall–Kier alpha value is -3.32. The van der Waals surface area contributed by atoms with E-state index in [4.69, 9.17) is 16.3 Å². The molecule has 2 aromatic carbocycles. The lowest BCUT2D eigenvalue weighted by molar-refractivity contribution is 0.0689. The molecule has 3 aromatic rings. The molecule has 1 aliphatic carbocycles. The summed E-state index contributed by atoms with van der Waals surface area (Å²) >= 11 is 6.23. The maximum atomic E-state index is 14.0. The number of aromatic nitrogens is 1. The Morgan fingerprint density at radius 3 is 2.52 bits per heavy atom. The van der Waals surface area contributed by atoms with Gasteiger partial charge in [0.1, 0.15) is 18.2 Å². The highest BCUT2D eigenvalue weighted by Gasteiger charge is 2.23. The smallest absolute Gasteiger partial charge is 0.354 e. The first-order chi connectivity index (χ1) is 15.7. The predicted octanol–water partition coefficient (Wildman–Crippen LogP) is 6.83. The molecule has 0 unspecified atom stereocenters. The molecule has 1 N–H and O–H groups in total. The van der Waals surface area contributed by atoms with E-state index in [1.54, 1.807) is 37.3 Å². The molecule has 33 heavy (non-hydrogen) atoms. The van der Waals surface area contributed by atoms with Crippen LogP contribution in [0.3, 0.4) is 0 Å². The normalized spacial score (nSPS) is 13.5. The molecule has 8 heteroatoms. The van der Waals surface area contributed by atoms with E-state index in [2.05, 4.69) is 4.98 Å². The molecule has 4 rings (SSSR count). The molecule has 170 valence electrons. The van der Waals surface area contributed by atoms with Crippen LogP contribution in [0.15, 0.2) is 42.5 Å². The van der Waals surface area contributed by atoms with Crippen LogP contribution in [0.2, 0.25) is 5.02 Å². The first kappa shape index (κ1) is 22.9. The summed E-state index contributed by atoms with van der Waals surface area (Å²) in [6.45, 7) is 1.37. The number of ether oxygens (including phenoxy) is 1. The van der Waals surface area contributed by atoms with E-state index in [0.717, 1.165) is 23.6 Å². The van der Waals surface area contributed by atoms with Gasteiger partial charge in [-0.1, -0.05) is 17.7 Å². The summed E-state index contributed by atoms with van der Waals surface area (Å²) in [6, 6.07) is 9.71. The average molecular weight is 474 g/mol. The number of aryl methyl sites for hydroxylation is 1. The van der Waals surface area contributed by atoms with E-state index >= 15 is 0 Å². The number of nitrogens with zero attached hydrogens (tertiary/aromatic N) is 1. The van der Waals surface area contributed by atoms with Gasteiger partial charge in [0.05, 0.1) is 5.69 Å². The standard InChI is InChI=1S/C25H19ClF3NO3/c1-13-5-7-22(30-24(13)25(31)32)17-4-2-3-16(17)18-10-15(26)6-8-23(18)33-12-14-9-20(28)21(29)11-19(14)27/h5-11H,2-4,12H2,1H3,(H,31,32). The molecule has 0 atom stereocenters. The predicted molar refractivity (Wildman–Crippen MR) is 119 cm³/mol. The number of halogens is 4. The van der Waals surface area contributed by atoms with Gasteiger partial charge in [0, 0.05) is 22.2 Å². The van der Waals surface area contributed by atoms with Crippen LogP contribution in [0, 0.1) is 24.4 Å². The summed E-state index contributed by atoms with van der Waals surface area (Å²) in [6.07, 6.45) is 2.20. The third-order valence-electron chi connectivity index (χ3n) is 5.57. The molecule has 1 aliphatic rings. The fourth-order valence-electron chi connectivity index (χ4n) is 3.93. The minimum absolute atomic E-state index is 0.0115. The second kappa shape index (κ2) is 9.27. The van der Waals surface area contributed by atoms with Gasteiger partial charge < -0.3 is 9.84 Å². The zero-order valence-corrected chi connectivity index (χ0v) is 18.3. The Bertz CT molecular complexity index is 1290. The third-order valence-corrected chi connectivity index (χ3v) is 5.80. The van der Waals surface area contributed by atoms with Gasteiger partial charge in [0.15, 0.2) is 17.3 Å². The number of pyridine rings is 1. The van der Waals surface area contributed by atoms with Crippen LogP contribution in [-0.2, 0) is 6.61 Å². The minimum atomic E-state index is -1.27. The molecule has 0 spiro atoms. The molecule has 0 saturated heterocycles. The topological polar surface area (TPSA) is 59.4 Å². The van der Waals surface area contributed by atoms with E-state index in [9.17, 15) is 23.1 Å². The van der Waals surface area contributed by atoms with Crippen LogP contribution >= 0.6 is 11.6 Å². The summed E-state index contributed by atoms with van der Waals surface area (Å²) in [7, 11) is 0. The van der Waals surface area contributed by atoms with E-state index in [1.807, 2.05) is 0 Å². The summed E-state index contributed by atoms with van der Waals surface area (Å²) < 4.78 is 46.6. The highest BCUT2D eigenvalue weighted by Crippen LogP contribution is 2.43. The molecule has 1 heterocycles. The summed E-state index contributed by atoms with van der Waals surface area (Å²) in [5, 5.41) is 9.89. The number of hydrogen-bond donors (Lipinski definition) is 1. The van der Waals surface area contributed by atoms with Gasteiger partial charge in [-0.25, -0.2) is 22.9 Å². The van der Waals surface area contributed by atoms with Gasteiger partial charge in [-0.3, -0.25) is 0 Å². The molecule has 0 aliphatic heterocycles. The van der Waals surface area contributed by atoms with E-state index in [1.165, 1.54) is 0 Å². The first-order valence-electron chi connectivity index (χ1n) is 10.2. The number of allylic oxidation sites excluding steroid dienone is 2. The number of carboxylic acids is 1. The van der Waals surface area contributed by atoms with Crippen LogP contribution in [-0.4, -0.2) is 16.1 Å². The number of carbonyl (C=O) groups is 1. The van der Waals surface area contributed by atoms with Crippen LogP contribution in [0.25, 0.3) is 11.1 Å². The monoisotopic (exact) mass is 473 g/mol. The maximum Gasteiger partial charge on any atom is 0.354 e. The van der Waals surface area contributed by atoms with E-state index in [0.29, 0.717) is 46.5 Å². The molecule has 0 saturated carbocycles. The second-order valence-electron chi connectivity index (χ2n) is 7.76. The fraction of sp³-hybridized carbons (Fsp3) is 0.200. The number of benzene rings is 2. The van der Waals surface area contributed by atoms with Crippen molar-refractivity contribution in [2.45, 2.75) is 32.8 Å². The zero-order chi connectivity index (χ0) is 23.7. The van der Waals surface area contributed by atoms with Crippen LogP contribution < -0.4 is 4.74 Å². The molecule has 0 radical (unpaired) electrons. The lowest BCUT2D eigenvalue weighted by atomic mass is 9.98. The number of carboxylic acid groups (broad SMARTS) is 1. The quantitative estimate of drug-likeness (QED) is 0.398. The van der Waals surface area contributed by atoms with Crippen molar-refractivity contribution >= 4 is 28.7 Å². The number of hydrogen-bond acceptors (Lipinski definition) is 3. The SMILES string of the molecule is Cc1ccc(C2=C(c3cc(Cl)ccc3OCc3cc(F)c(F)cc3F)CCC2)nc1C(=O)O. The lowest BCUT2D eigenvalue weighted by Crippen LogP contribution is -2.06. The van der Waals surface area contributed by atoms with Gasteiger partial charge in [-0.15, -0.1) is 0 Å². The largest absolute Gasteiger partial charge is 0.488 e. The molecular formula is C25H19ClF3NO3. The number of aromatic carboxylic acids is 1. The van der Waals surface area contributed by atoms with Gasteiger partial charge in [0.25, 0.3) is 0 Å². The molecule has 1 aromatic heterocycles. The van der Waals surface area contributed by atoms with Gasteiger partial charge in [0.2, 0.25) is 0 Å². The number of rotatable bonds is 6. The Morgan fingerprint density at radius 2 is 1.76 bits per heavy atom. The van der Waals surface area contributed by atoms with Crippen molar-refractivity contribution in [2.24, 2.45) is 0 Å². The molecule has 4 nitrogen and oxygen atoms in total. The highest BCUT2D eigenvalue weighted by molar-refractivity contribution is 6.30. The Kier molecular flexibility index (Phi) is 6.42. The van der Waals surface area contributed by atoms with Crippen molar-refractivity contribution in [1.82, 2.24) is 4.98 Å². The van der Waals surface area contributed by atoms with Crippen molar-refractivity contribution in [1.29, 1.82) is 0 Å². The first-order valence-corrected chi connectivity index (χ1v) is 10.6. The van der Waals surface area contributed by atoms with Crippen LogP contribution in [0.5, 0.6) is 5.75 Å². The van der Waals surface area contributed by atoms with Gasteiger partial charge in [-0.05, 0) is 73.2 Å². The zero-order valence-electron chi connectivity index (χ0n) is 17.6. The Morgan fingerprint density at radius 1 is 1.03 bits per heavy atom. The molecule has 0 amide bonds. The van der Waals surface area contributed by atoms with Gasteiger partial charge >= 0.3 is 5.97 Å². The summed E-state index contributed by atoms with van der Waals surface area (Å²) in [5.41, 5.74) is 3.42. The van der Waals surface area contributed by atoms with Crippen molar-refractivity contribution in [3.8, 4) is 5.75 Å². The Labute approximate surface area is 193 Å². The molecular weight excluding hydrogens is 455 g/mol. The highest BCUT2D eigenvalue weighted by atomic mass is 35.5. The van der Waals surface area contributed by atoms with Crippen LogP contribution in [0.4, 0.5) is 13.2 Å². The minimum Gasteiger partial charge on any atom is -0.488 e. The Balaban J connectivity index is 1.73. The maximum absolute atomic E-state index is 14.0. The summed E-state index contributed by atoms with van der Waals surface area (Å²) in [4.78, 5) is 15.9. The van der Waals surface area contributed by atoms with Crippen molar-refractivity contribution in [3.63, 3.8) is 0 Å². The average Bonchev–Trinajstić information content (AvgIpc) is 3.26. The summed E-state index contributed by atoms with van der Waals surface area (Å²) in [5.74, 6) is -4.05.